The zero-order valence-electron chi connectivity index (χ0n) is 12.5. The smallest absolute Gasteiger partial charge is 0.415 e. The van der Waals surface area contributed by atoms with Crippen molar-refractivity contribution in [1.29, 1.82) is 0 Å². The highest BCUT2D eigenvalue weighted by molar-refractivity contribution is 5.64. The van der Waals surface area contributed by atoms with Gasteiger partial charge in [-0.15, -0.1) is 23.4 Å². The lowest BCUT2D eigenvalue weighted by Gasteiger charge is -2.10. The lowest BCUT2D eigenvalue weighted by molar-refractivity contribution is -0.384. The van der Waals surface area contributed by atoms with Crippen LogP contribution in [-0.2, 0) is 7.05 Å². The molecule has 25 heavy (non-hydrogen) atoms. The van der Waals surface area contributed by atoms with Crippen molar-refractivity contribution in [3.63, 3.8) is 0 Å². The van der Waals surface area contributed by atoms with Crippen molar-refractivity contribution in [2.75, 3.05) is 0 Å². The minimum absolute atomic E-state index is 0.0534. The molecule has 0 saturated heterocycles. The zero-order valence-corrected chi connectivity index (χ0v) is 12.5. The fourth-order valence-corrected chi connectivity index (χ4v) is 2.15. The first-order valence-electron chi connectivity index (χ1n) is 6.74. The van der Waals surface area contributed by atoms with E-state index in [1.54, 1.807) is 0 Å². The number of aryl methyl sites for hydroxylation is 1. The summed E-state index contributed by atoms with van der Waals surface area (Å²) in [6.07, 6.45) is -3.63. The van der Waals surface area contributed by atoms with E-state index in [0.717, 1.165) is 6.07 Å². The van der Waals surface area contributed by atoms with E-state index in [0.29, 0.717) is 0 Å². The molecule has 3 rings (SSSR count). The van der Waals surface area contributed by atoms with Gasteiger partial charge in [-0.3, -0.25) is 10.1 Å². The standard InChI is InChI=1S/C14H9F3N4O4/c1-20-7-8(21(22)23)6-10(20)13-19-18-12(24-13)9-4-2-3-5-11(9)25-14(15,16)17/h2-7H,1H3. The van der Waals surface area contributed by atoms with Crippen LogP contribution in [0.1, 0.15) is 0 Å². The number of para-hydroxylation sites is 1. The molecule has 3 aromatic rings. The molecule has 0 atom stereocenters. The summed E-state index contributed by atoms with van der Waals surface area (Å²) >= 11 is 0. The minimum atomic E-state index is -4.88. The molecule has 0 fully saturated rings. The number of benzene rings is 1. The summed E-state index contributed by atoms with van der Waals surface area (Å²) in [5, 5.41) is 18.2. The molecular weight excluding hydrogens is 345 g/mol. The van der Waals surface area contributed by atoms with Gasteiger partial charge in [-0.25, -0.2) is 0 Å². The number of nitrogens with zero attached hydrogens (tertiary/aromatic N) is 4. The van der Waals surface area contributed by atoms with Crippen LogP contribution < -0.4 is 4.74 Å². The van der Waals surface area contributed by atoms with E-state index in [1.807, 2.05) is 0 Å². The van der Waals surface area contributed by atoms with Crippen LogP contribution >= 0.6 is 0 Å². The van der Waals surface area contributed by atoms with Crippen LogP contribution in [-0.4, -0.2) is 26.1 Å². The molecular formula is C14H9F3N4O4. The Kier molecular flexibility index (Phi) is 3.91. The van der Waals surface area contributed by atoms with Gasteiger partial charge < -0.3 is 13.7 Å². The maximum Gasteiger partial charge on any atom is 0.573 e. The van der Waals surface area contributed by atoms with Crippen LogP contribution in [0.25, 0.3) is 23.0 Å². The highest BCUT2D eigenvalue weighted by Crippen LogP contribution is 2.34. The number of halogens is 3. The van der Waals surface area contributed by atoms with Crippen LogP contribution in [0.15, 0.2) is 40.9 Å². The van der Waals surface area contributed by atoms with Crippen molar-refractivity contribution < 1.29 is 27.2 Å². The van der Waals surface area contributed by atoms with Gasteiger partial charge in [0.1, 0.15) is 11.4 Å². The summed E-state index contributed by atoms with van der Waals surface area (Å²) in [7, 11) is 1.53. The Morgan fingerprint density at radius 2 is 1.92 bits per heavy atom. The topological polar surface area (TPSA) is 96.2 Å². The van der Waals surface area contributed by atoms with Gasteiger partial charge in [0, 0.05) is 13.1 Å². The molecule has 2 heterocycles. The third-order valence-electron chi connectivity index (χ3n) is 3.19. The quantitative estimate of drug-likeness (QED) is 0.525. The Bertz CT molecular complexity index is 932. The second-order valence-electron chi connectivity index (χ2n) is 4.91. The fourth-order valence-electron chi connectivity index (χ4n) is 2.15. The summed E-state index contributed by atoms with van der Waals surface area (Å²) in [4.78, 5) is 10.2. The Balaban J connectivity index is 1.99. The zero-order chi connectivity index (χ0) is 18.2. The average Bonchev–Trinajstić information content (AvgIpc) is 3.12. The molecule has 8 nitrogen and oxygen atoms in total. The molecule has 0 bridgehead atoms. The molecule has 0 aliphatic heterocycles. The maximum absolute atomic E-state index is 12.5. The summed E-state index contributed by atoms with van der Waals surface area (Å²) in [5.41, 5.74) is 0.0139. The van der Waals surface area contributed by atoms with Gasteiger partial charge >= 0.3 is 6.36 Å². The van der Waals surface area contributed by atoms with Crippen LogP contribution in [0.3, 0.4) is 0 Å². The Morgan fingerprint density at radius 3 is 2.56 bits per heavy atom. The summed E-state index contributed by atoms with van der Waals surface area (Å²) < 4.78 is 48.2. The van der Waals surface area contributed by atoms with Crippen molar-refractivity contribution in [3.05, 3.63) is 46.6 Å². The van der Waals surface area contributed by atoms with Crippen molar-refractivity contribution in [2.24, 2.45) is 7.05 Å². The number of hydrogen-bond acceptors (Lipinski definition) is 6. The molecule has 1 aromatic carbocycles. The van der Waals surface area contributed by atoms with Gasteiger partial charge in [-0.05, 0) is 12.1 Å². The molecule has 0 spiro atoms. The van der Waals surface area contributed by atoms with Gasteiger partial charge in [0.15, 0.2) is 0 Å². The van der Waals surface area contributed by atoms with Crippen molar-refractivity contribution in [2.45, 2.75) is 6.36 Å². The van der Waals surface area contributed by atoms with Gasteiger partial charge in [0.2, 0.25) is 0 Å². The second-order valence-corrected chi connectivity index (χ2v) is 4.91. The van der Waals surface area contributed by atoms with E-state index >= 15 is 0 Å². The molecule has 0 aliphatic carbocycles. The second kappa shape index (κ2) is 5.92. The third kappa shape index (κ3) is 3.44. The molecule has 0 aliphatic rings. The highest BCUT2D eigenvalue weighted by atomic mass is 19.4. The van der Waals surface area contributed by atoms with Crippen molar-refractivity contribution in [3.8, 4) is 28.8 Å². The molecule has 130 valence electrons. The number of ether oxygens (including phenoxy) is 1. The van der Waals surface area contributed by atoms with Crippen molar-refractivity contribution >= 4 is 5.69 Å². The summed E-state index contributed by atoms with van der Waals surface area (Å²) in [6.45, 7) is 0. The van der Waals surface area contributed by atoms with Crippen LogP contribution in [0.4, 0.5) is 18.9 Å². The van der Waals surface area contributed by atoms with Crippen LogP contribution in [0.2, 0.25) is 0 Å². The third-order valence-corrected chi connectivity index (χ3v) is 3.19. The van der Waals surface area contributed by atoms with Crippen molar-refractivity contribution in [1.82, 2.24) is 14.8 Å². The molecule has 0 N–H and O–H groups in total. The normalized spacial score (nSPS) is 11.5. The number of hydrogen-bond donors (Lipinski definition) is 0. The fraction of sp³-hybridized carbons (Fsp3) is 0.143. The SMILES string of the molecule is Cn1cc([N+](=O)[O-])cc1-c1nnc(-c2ccccc2OC(F)(F)F)o1. The Morgan fingerprint density at radius 1 is 1.24 bits per heavy atom. The first kappa shape index (κ1) is 16.5. The lowest BCUT2D eigenvalue weighted by Crippen LogP contribution is -2.17. The molecule has 0 unspecified atom stereocenters. The monoisotopic (exact) mass is 354 g/mol. The molecule has 0 radical (unpaired) electrons. The molecule has 0 amide bonds. The number of rotatable bonds is 4. The Labute approximate surface area is 137 Å². The van der Waals surface area contributed by atoms with E-state index in [2.05, 4.69) is 14.9 Å². The van der Waals surface area contributed by atoms with E-state index in [4.69, 9.17) is 4.42 Å². The average molecular weight is 354 g/mol. The van der Waals surface area contributed by atoms with Gasteiger partial charge in [-0.2, -0.15) is 0 Å². The highest BCUT2D eigenvalue weighted by Gasteiger charge is 2.33. The lowest BCUT2D eigenvalue weighted by atomic mass is 10.2. The molecule has 2 aromatic heterocycles. The number of aromatic nitrogens is 3. The first-order valence-corrected chi connectivity index (χ1v) is 6.74. The van der Waals surface area contributed by atoms with Gasteiger partial charge in [0.25, 0.3) is 17.5 Å². The molecule has 0 saturated carbocycles. The predicted octanol–water partition coefficient (Wildman–Crippen LogP) is 3.55. The van der Waals surface area contributed by atoms with E-state index < -0.39 is 17.0 Å². The number of alkyl halides is 3. The van der Waals surface area contributed by atoms with Crippen LogP contribution in [0, 0.1) is 10.1 Å². The van der Waals surface area contributed by atoms with E-state index in [-0.39, 0.29) is 28.7 Å². The largest absolute Gasteiger partial charge is 0.573 e. The first-order chi connectivity index (χ1) is 11.7. The minimum Gasteiger partial charge on any atom is -0.415 e. The Hall–Kier alpha value is -3.37. The maximum atomic E-state index is 12.5. The predicted molar refractivity (Wildman–Crippen MR) is 77.5 cm³/mol. The number of nitro groups is 1. The summed E-state index contributed by atoms with van der Waals surface area (Å²) in [5.74, 6) is -0.783. The van der Waals surface area contributed by atoms with E-state index in [1.165, 1.54) is 42.1 Å². The van der Waals surface area contributed by atoms with Gasteiger partial charge in [0.05, 0.1) is 16.7 Å². The van der Waals surface area contributed by atoms with Crippen LogP contribution in [0.5, 0.6) is 5.75 Å². The van der Waals surface area contributed by atoms with E-state index in [9.17, 15) is 23.3 Å². The molecule has 11 heteroatoms. The van der Waals surface area contributed by atoms with Gasteiger partial charge in [-0.1, -0.05) is 12.1 Å². The summed E-state index contributed by atoms with van der Waals surface area (Å²) in [6, 6.07) is 6.50.